The van der Waals surface area contributed by atoms with Gasteiger partial charge in [0.1, 0.15) is 11.3 Å². The summed E-state index contributed by atoms with van der Waals surface area (Å²) in [5.74, 6) is 1.93. The van der Waals surface area contributed by atoms with Crippen LogP contribution in [0.15, 0.2) is 24.4 Å². The van der Waals surface area contributed by atoms with E-state index in [2.05, 4.69) is 16.7 Å². The fourth-order valence-corrected chi connectivity index (χ4v) is 5.95. The highest BCUT2D eigenvalue weighted by molar-refractivity contribution is 6.35. The second-order valence-corrected chi connectivity index (χ2v) is 10.7. The third-order valence-electron chi connectivity index (χ3n) is 7.46. The lowest BCUT2D eigenvalue weighted by molar-refractivity contribution is -0.118. The minimum absolute atomic E-state index is 0.113. The molecule has 1 unspecified atom stereocenters. The summed E-state index contributed by atoms with van der Waals surface area (Å²) in [6.07, 6.45) is 4.71. The molecule has 0 saturated carbocycles. The fraction of sp³-hybridized carbons (Fsp3) is 0.520. The zero-order valence-corrected chi connectivity index (χ0v) is 21.6. The molecule has 0 spiro atoms. The van der Waals surface area contributed by atoms with E-state index >= 15 is 0 Å². The van der Waals surface area contributed by atoms with Crippen molar-refractivity contribution in [2.24, 2.45) is 17.6 Å². The first-order valence-electron chi connectivity index (χ1n) is 12.2. The van der Waals surface area contributed by atoms with Crippen LogP contribution in [0.4, 0.5) is 5.82 Å². The fourth-order valence-electron chi connectivity index (χ4n) is 5.38. The minimum Gasteiger partial charge on any atom is -0.370 e. The molecule has 1 aromatic carbocycles. The van der Waals surface area contributed by atoms with Gasteiger partial charge in [0.05, 0.1) is 17.9 Å². The number of fused-ring (bicyclic) bond motifs is 1. The Morgan fingerprint density at radius 3 is 2.77 bits per heavy atom. The molecule has 8 nitrogen and oxygen atoms in total. The normalized spacial score (nSPS) is 20.2. The molecule has 0 bridgehead atoms. The summed E-state index contributed by atoms with van der Waals surface area (Å²) in [7, 11) is 0. The highest BCUT2D eigenvalue weighted by Crippen LogP contribution is 2.35. The zero-order chi connectivity index (χ0) is 24.7. The molecular weight excluding hydrogens is 485 g/mol. The van der Waals surface area contributed by atoms with E-state index in [1.807, 2.05) is 29.9 Å². The predicted octanol–water partition coefficient (Wildman–Crippen LogP) is 4.07. The summed E-state index contributed by atoms with van der Waals surface area (Å²) in [5, 5.41) is 5.96. The SMILES string of the molecule is Cc1nn(C(C)c2ccc(Cl)cc2Cl)c2nc(N3CC([C@H]4CCCN(CCC(N)=O)C4)C3)cnc12. The molecule has 2 saturated heterocycles. The number of aryl methyl sites for hydroxylation is 1. The van der Waals surface area contributed by atoms with Crippen molar-refractivity contribution < 1.29 is 4.79 Å². The van der Waals surface area contributed by atoms with Gasteiger partial charge < -0.3 is 15.5 Å². The van der Waals surface area contributed by atoms with Crippen LogP contribution in [0.1, 0.15) is 43.5 Å². The molecule has 2 aliphatic heterocycles. The van der Waals surface area contributed by atoms with Crippen molar-refractivity contribution in [1.29, 1.82) is 0 Å². The Hall–Kier alpha value is -2.42. The molecule has 2 N–H and O–H groups in total. The molecule has 186 valence electrons. The van der Waals surface area contributed by atoms with Crippen molar-refractivity contribution in [2.75, 3.05) is 37.6 Å². The van der Waals surface area contributed by atoms with Gasteiger partial charge in [0.15, 0.2) is 5.65 Å². The van der Waals surface area contributed by atoms with Crippen LogP contribution < -0.4 is 10.6 Å². The Morgan fingerprint density at radius 2 is 2.03 bits per heavy atom. The molecule has 0 aliphatic carbocycles. The number of primary amides is 1. The van der Waals surface area contributed by atoms with Crippen LogP contribution in [0, 0.1) is 18.8 Å². The number of nitrogens with zero attached hydrogens (tertiary/aromatic N) is 6. The van der Waals surface area contributed by atoms with Gasteiger partial charge in [-0.15, -0.1) is 0 Å². The van der Waals surface area contributed by atoms with Crippen LogP contribution in [-0.4, -0.2) is 63.3 Å². The number of rotatable bonds is 7. The number of carbonyl (C=O) groups excluding carboxylic acids is 1. The monoisotopic (exact) mass is 515 g/mol. The van der Waals surface area contributed by atoms with Gasteiger partial charge in [0.2, 0.25) is 5.91 Å². The van der Waals surface area contributed by atoms with E-state index in [4.69, 9.17) is 44.0 Å². The Kier molecular flexibility index (Phi) is 6.88. The molecule has 2 aromatic heterocycles. The van der Waals surface area contributed by atoms with Gasteiger partial charge in [-0.25, -0.2) is 14.6 Å². The first kappa shape index (κ1) is 24.3. The summed E-state index contributed by atoms with van der Waals surface area (Å²) in [5.41, 5.74) is 8.69. The number of hydrogen-bond acceptors (Lipinski definition) is 6. The average Bonchev–Trinajstić information content (AvgIpc) is 3.12. The second kappa shape index (κ2) is 9.91. The molecule has 35 heavy (non-hydrogen) atoms. The van der Waals surface area contributed by atoms with Gasteiger partial charge in [-0.1, -0.05) is 29.3 Å². The Morgan fingerprint density at radius 1 is 1.23 bits per heavy atom. The van der Waals surface area contributed by atoms with Gasteiger partial charge >= 0.3 is 0 Å². The molecule has 2 atom stereocenters. The largest absolute Gasteiger partial charge is 0.370 e. The van der Waals surface area contributed by atoms with Crippen molar-refractivity contribution >= 4 is 46.1 Å². The highest BCUT2D eigenvalue weighted by atomic mass is 35.5. The van der Waals surface area contributed by atoms with Crippen LogP contribution in [0.2, 0.25) is 10.0 Å². The maximum absolute atomic E-state index is 11.2. The van der Waals surface area contributed by atoms with E-state index in [9.17, 15) is 4.79 Å². The van der Waals surface area contributed by atoms with E-state index in [0.29, 0.717) is 28.3 Å². The molecule has 10 heteroatoms. The summed E-state index contributed by atoms with van der Waals surface area (Å²) in [6, 6.07) is 5.42. The molecule has 5 rings (SSSR count). The van der Waals surface area contributed by atoms with E-state index in [1.165, 1.54) is 12.8 Å². The standard InChI is InChI=1S/C25H31Cl2N7O/c1-15-24-25(34(31-15)16(2)20-6-5-19(26)10-21(20)27)30-23(11-29-24)33-13-18(14-33)17-4-3-8-32(12-17)9-7-22(28)35/h5-6,10-11,16-18H,3-4,7-9,12-14H2,1-2H3,(H2,28,35)/t16?,17-/m0/s1. The van der Waals surface area contributed by atoms with E-state index in [0.717, 1.165) is 61.0 Å². The Bertz CT molecular complexity index is 1240. The first-order chi connectivity index (χ1) is 16.8. The van der Waals surface area contributed by atoms with Crippen molar-refractivity contribution in [3.63, 3.8) is 0 Å². The van der Waals surface area contributed by atoms with Gasteiger partial charge in [-0.3, -0.25) is 4.79 Å². The van der Waals surface area contributed by atoms with Crippen LogP contribution in [0.5, 0.6) is 0 Å². The maximum atomic E-state index is 11.2. The summed E-state index contributed by atoms with van der Waals surface area (Å²) in [6.45, 7) is 8.82. The van der Waals surface area contributed by atoms with Crippen molar-refractivity contribution in [3.05, 3.63) is 45.7 Å². The predicted molar refractivity (Wildman–Crippen MR) is 139 cm³/mol. The smallest absolute Gasteiger partial charge is 0.218 e. The lowest BCUT2D eigenvalue weighted by atomic mass is 9.80. The minimum atomic E-state index is -0.224. The first-order valence-corrected chi connectivity index (χ1v) is 13.0. The van der Waals surface area contributed by atoms with Crippen LogP contribution in [0.3, 0.4) is 0 Å². The number of hydrogen-bond donors (Lipinski definition) is 1. The van der Waals surface area contributed by atoms with Crippen molar-refractivity contribution in [2.45, 2.75) is 39.2 Å². The number of anilines is 1. The van der Waals surface area contributed by atoms with Gasteiger partial charge in [-0.05, 0) is 62.8 Å². The zero-order valence-electron chi connectivity index (χ0n) is 20.1. The number of nitrogens with two attached hydrogens (primary N) is 1. The van der Waals surface area contributed by atoms with Crippen LogP contribution in [0.25, 0.3) is 11.2 Å². The number of likely N-dealkylation sites (tertiary alicyclic amines) is 1. The summed E-state index contributed by atoms with van der Waals surface area (Å²) >= 11 is 12.6. The number of piperidine rings is 1. The van der Waals surface area contributed by atoms with Crippen LogP contribution >= 0.6 is 23.2 Å². The third-order valence-corrected chi connectivity index (χ3v) is 8.02. The maximum Gasteiger partial charge on any atom is 0.218 e. The molecule has 0 radical (unpaired) electrons. The van der Waals surface area contributed by atoms with E-state index in [1.54, 1.807) is 6.07 Å². The molecule has 2 fully saturated rings. The Labute approximate surface area is 215 Å². The molecular formula is C25H31Cl2N7O. The number of halogens is 2. The molecule has 1 amide bonds. The number of benzene rings is 1. The number of carbonyl (C=O) groups is 1. The Balaban J connectivity index is 1.30. The molecule has 4 heterocycles. The van der Waals surface area contributed by atoms with Crippen LogP contribution in [-0.2, 0) is 4.79 Å². The number of aromatic nitrogens is 4. The lowest BCUT2D eigenvalue weighted by Crippen LogP contribution is -2.54. The lowest BCUT2D eigenvalue weighted by Gasteiger charge is -2.47. The van der Waals surface area contributed by atoms with Crippen molar-refractivity contribution in [3.8, 4) is 0 Å². The quantitative estimate of drug-likeness (QED) is 0.509. The van der Waals surface area contributed by atoms with Crippen molar-refractivity contribution in [1.82, 2.24) is 24.6 Å². The average molecular weight is 516 g/mol. The highest BCUT2D eigenvalue weighted by Gasteiger charge is 2.36. The van der Waals surface area contributed by atoms with Gasteiger partial charge in [0.25, 0.3) is 0 Å². The summed E-state index contributed by atoms with van der Waals surface area (Å²) in [4.78, 5) is 25.5. The second-order valence-electron chi connectivity index (χ2n) is 9.86. The van der Waals surface area contributed by atoms with Gasteiger partial charge in [0, 0.05) is 42.6 Å². The summed E-state index contributed by atoms with van der Waals surface area (Å²) < 4.78 is 1.91. The van der Waals surface area contributed by atoms with E-state index in [-0.39, 0.29) is 11.9 Å². The third kappa shape index (κ3) is 4.97. The number of amides is 1. The van der Waals surface area contributed by atoms with E-state index < -0.39 is 0 Å². The molecule has 2 aliphatic rings. The van der Waals surface area contributed by atoms with Gasteiger partial charge in [-0.2, -0.15) is 5.10 Å². The molecule has 3 aromatic rings. The topological polar surface area (TPSA) is 93.2 Å².